The second-order valence-corrected chi connectivity index (χ2v) is 7.19. The number of hydrogen-bond acceptors (Lipinski definition) is 6. The molecular weight excluding hydrogens is 386 g/mol. The van der Waals surface area contributed by atoms with Crippen LogP contribution < -0.4 is 19.5 Å². The number of ether oxygens (including phenoxy) is 3. The molecule has 4 rings (SSSR count). The molecule has 2 amide bonds. The van der Waals surface area contributed by atoms with Crippen LogP contribution >= 0.6 is 0 Å². The molecule has 0 spiro atoms. The number of amides is 2. The fourth-order valence-corrected chi connectivity index (χ4v) is 3.56. The molecular formula is C22H25N3O5. The molecule has 2 heterocycles. The molecule has 0 aromatic heterocycles. The van der Waals surface area contributed by atoms with Gasteiger partial charge in [-0.25, -0.2) is 0 Å². The van der Waals surface area contributed by atoms with Gasteiger partial charge in [0.25, 0.3) is 11.8 Å². The van der Waals surface area contributed by atoms with Crippen molar-refractivity contribution in [3.05, 3.63) is 53.6 Å². The van der Waals surface area contributed by atoms with Crippen molar-refractivity contribution in [2.45, 2.75) is 0 Å². The molecule has 0 saturated carbocycles. The molecule has 2 aromatic rings. The molecule has 0 aliphatic carbocycles. The van der Waals surface area contributed by atoms with Gasteiger partial charge >= 0.3 is 0 Å². The monoisotopic (exact) mass is 411 g/mol. The van der Waals surface area contributed by atoms with E-state index in [-0.39, 0.29) is 18.6 Å². The summed E-state index contributed by atoms with van der Waals surface area (Å²) in [5.74, 6) is 1.89. The summed E-state index contributed by atoms with van der Waals surface area (Å²) in [4.78, 5) is 29.1. The molecule has 1 N–H and O–H groups in total. The SMILES string of the molecule is COc1ccc(C(=O)N2CCN(CCNC(=O)c3ccc4c(c3)OCO4)CC2)cc1. The number of piperazine rings is 1. The van der Waals surface area contributed by atoms with Crippen LogP contribution in [-0.4, -0.2) is 74.8 Å². The maximum Gasteiger partial charge on any atom is 0.253 e. The standard InChI is InChI=1S/C22H25N3O5/c1-28-18-5-2-16(3-6-18)22(27)25-12-10-24(11-13-25)9-8-23-21(26)17-4-7-19-20(14-17)30-15-29-19/h2-7,14H,8-13,15H2,1H3,(H,23,26). The lowest BCUT2D eigenvalue weighted by Gasteiger charge is -2.34. The minimum Gasteiger partial charge on any atom is -0.497 e. The van der Waals surface area contributed by atoms with Crippen molar-refractivity contribution in [3.63, 3.8) is 0 Å². The Morgan fingerprint density at radius 1 is 0.967 bits per heavy atom. The molecule has 2 aromatic carbocycles. The second-order valence-electron chi connectivity index (χ2n) is 7.19. The highest BCUT2D eigenvalue weighted by atomic mass is 16.7. The van der Waals surface area contributed by atoms with E-state index >= 15 is 0 Å². The Morgan fingerprint density at radius 3 is 2.40 bits per heavy atom. The summed E-state index contributed by atoms with van der Waals surface area (Å²) in [5, 5.41) is 2.94. The van der Waals surface area contributed by atoms with Gasteiger partial charge in [0, 0.05) is 50.4 Å². The van der Waals surface area contributed by atoms with Crippen LogP contribution in [0.2, 0.25) is 0 Å². The first-order valence-electron chi connectivity index (χ1n) is 9.97. The topological polar surface area (TPSA) is 80.3 Å². The number of carbonyl (C=O) groups excluding carboxylic acids is 2. The van der Waals surface area contributed by atoms with Gasteiger partial charge in [-0.15, -0.1) is 0 Å². The number of hydrogen-bond donors (Lipinski definition) is 1. The number of methoxy groups -OCH3 is 1. The van der Waals surface area contributed by atoms with Crippen molar-refractivity contribution in [2.75, 3.05) is 53.2 Å². The summed E-state index contributed by atoms with van der Waals surface area (Å²) in [6.07, 6.45) is 0. The van der Waals surface area contributed by atoms with E-state index in [1.54, 1.807) is 49.6 Å². The smallest absolute Gasteiger partial charge is 0.253 e. The van der Waals surface area contributed by atoms with E-state index in [0.717, 1.165) is 25.4 Å². The minimum absolute atomic E-state index is 0.0356. The fourth-order valence-electron chi connectivity index (χ4n) is 3.56. The van der Waals surface area contributed by atoms with Crippen LogP contribution in [0.15, 0.2) is 42.5 Å². The number of benzene rings is 2. The lowest BCUT2D eigenvalue weighted by Crippen LogP contribution is -2.50. The summed E-state index contributed by atoms with van der Waals surface area (Å²) < 4.78 is 15.7. The zero-order chi connectivity index (χ0) is 20.9. The zero-order valence-corrected chi connectivity index (χ0v) is 16.9. The van der Waals surface area contributed by atoms with Crippen molar-refractivity contribution >= 4 is 11.8 Å². The van der Waals surface area contributed by atoms with Gasteiger partial charge < -0.3 is 24.4 Å². The molecule has 0 unspecified atom stereocenters. The predicted octanol–water partition coefficient (Wildman–Crippen LogP) is 1.61. The lowest BCUT2D eigenvalue weighted by atomic mass is 10.1. The second kappa shape index (κ2) is 9.04. The van der Waals surface area contributed by atoms with Gasteiger partial charge in [-0.2, -0.15) is 0 Å². The Hall–Kier alpha value is -3.26. The summed E-state index contributed by atoms with van der Waals surface area (Å²) in [6, 6.07) is 12.3. The Labute approximate surface area is 175 Å². The van der Waals surface area contributed by atoms with Crippen LogP contribution in [0.1, 0.15) is 20.7 Å². The maximum absolute atomic E-state index is 12.6. The predicted molar refractivity (Wildman–Crippen MR) is 110 cm³/mol. The van der Waals surface area contributed by atoms with Gasteiger partial charge in [0.05, 0.1) is 7.11 Å². The van der Waals surface area contributed by atoms with Crippen molar-refractivity contribution in [1.29, 1.82) is 0 Å². The molecule has 0 bridgehead atoms. The average Bonchev–Trinajstić information content (AvgIpc) is 3.27. The summed E-state index contributed by atoms with van der Waals surface area (Å²) in [7, 11) is 1.60. The van der Waals surface area contributed by atoms with E-state index < -0.39 is 0 Å². The van der Waals surface area contributed by atoms with Gasteiger partial charge in [0.1, 0.15) is 5.75 Å². The Morgan fingerprint density at radius 2 is 1.67 bits per heavy atom. The number of carbonyl (C=O) groups is 2. The summed E-state index contributed by atoms with van der Waals surface area (Å²) >= 11 is 0. The Bertz CT molecular complexity index is 907. The Balaban J connectivity index is 1.20. The lowest BCUT2D eigenvalue weighted by molar-refractivity contribution is 0.0638. The molecule has 158 valence electrons. The highest BCUT2D eigenvalue weighted by Crippen LogP contribution is 2.32. The van der Waals surface area contributed by atoms with Crippen molar-refractivity contribution in [2.24, 2.45) is 0 Å². The number of rotatable bonds is 6. The third kappa shape index (κ3) is 4.49. The van der Waals surface area contributed by atoms with Crippen LogP contribution in [0.4, 0.5) is 0 Å². The van der Waals surface area contributed by atoms with Gasteiger partial charge in [-0.3, -0.25) is 14.5 Å². The average molecular weight is 411 g/mol. The summed E-state index contributed by atoms with van der Waals surface area (Å²) in [6.45, 7) is 4.36. The molecule has 2 aliphatic rings. The van der Waals surface area contributed by atoms with Gasteiger partial charge in [0.15, 0.2) is 11.5 Å². The van der Waals surface area contributed by atoms with E-state index in [0.29, 0.717) is 42.3 Å². The largest absolute Gasteiger partial charge is 0.497 e. The highest BCUT2D eigenvalue weighted by Gasteiger charge is 2.22. The van der Waals surface area contributed by atoms with Crippen molar-refractivity contribution in [3.8, 4) is 17.2 Å². The van der Waals surface area contributed by atoms with Crippen LogP contribution in [0.25, 0.3) is 0 Å². The maximum atomic E-state index is 12.6. The van der Waals surface area contributed by atoms with Gasteiger partial charge in [-0.1, -0.05) is 0 Å². The number of nitrogens with one attached hydrogen (secondary N) is 1. The molecule has 0 radical (unpaired) electrons. The normalized spacial score (nSPS) is 15.7. The van der Waals surface area contributed by atoms with Gasteiger partial charge in [-0.05, 0) is 42.5 Å². The zero-order valence-electron chi connectivity index (χ0n) is 16.9. The molecule has 1 fully saturated rings. The minimum atomic E-state index is -0.137. The van der Waals surface area contributed by atoms with Crippen LogP contribution in [-0.2, 0) is 0 Å². The van der Waals surface area contributed by atoms with E-state index in [9.17, 15) is 9.59 Å². The summed E-state index contributed by atoms with van der Waals surface area (Å²) in [5.41, 5.74) is 1.22. The first-order valence-corrected chi connectivity index (χ1v) is 9.97. The van der Waals surface area contributed by atoms with E-state index in [2.05, 4.69) is 10.2 Å². The molecule has 8 nitrogen and oxygen atoms in total. The molecule has 1 saturated heterocycles. The number of fused-ring (bicyclic) bond motifs is 1. The van der Waals surface area contributed by atoms with Crippen molar-refractivity contribution in [1.82, 2.24) is 15.1 Å². The first-order chi connectivity index (χ1) is 14.6. The van der Waals surface area contributed by atoms with Crippen LogP contribution in [0, 0.1) is 0 Å². The van der Waals surface area contributed by atoms with Gasteiger partial charge in [0.2, 0.25) is 6.79 Å². The third-order valence-corrected chi connectivity index (χ3v) is 5.34. The van der Waals surface area contributed by atoms with Crippen LogP contribution in [0.3, 0.4) is 0 Å². The first kappa shape index (κ1) is 20.0. The quantitative estimate of drug-likeness (QED) is 0.778. The van der Waals surface area contributed by atoms with Crippen LogP contribution in [0.5, 0.6) is 17.2 Å². The molecule has 30 heavy (non-hydrogen) atoms. The fraction of sp³-hybridized carbons (Fsp3) is 0.364. The Kier molecular flexibility index (Phi) is 6.04. The third-order valence-electron chi connectivity index (χ3n) is 5.34. The highest BCUT2D eigenvalue weighted by molar-refractivity contribution is 5.95. The molecule has 0 atom stereocenters. The van der Waals surface area contributed by atoms with E-state index in [1.807, 2.05) is 4.90 Å². The van der Waals surface area contributed by atoms with Crippen molar-refractivity contribution < 1.29 is 23.8 Å². The van der Waals surface area contributed by atoms with E-state index in [1.165, 1.54) is 0 Å². The number of nitrogens with zero attached hydrogens (tertiary/aromatic N) is 2. The van der Waals surface area contributed by atoms with E-state index in [4.69, 9.17) is 14.2 Å². The molecule has 8 heteroatoms. The molecule has 2 aliphatic heterocycles.